The van der Waals surface area contributed by atoms with Gasteiger partial charge in [0.2, 0.25) is 0 Å². The molecule has 0 saturated carbocycles. The molecule has 0 atom stereocenters. The van der Waals surface area contributed by atoms with Crippen LogP contribution >= 0.6 is 0 Å². The number of carboxylic acid groups (broad SMARTS) is 1. The summed E-state index contributed by atoms with van der Waals surface area (Å²) in [5.41, 5.74) is -0.131. The van der Waals surface area contributed by atoms with Gasteiger partial charge >= 0.3 is 12.1 Å². The zero-order valence-corrected chi connectivity index (χ0v) is 14.9. The Balaban J connectivity index is 2.65. The van der Waals surface area contributed by atoms with Gasteiger partial charge in [0.25, 0.3) is 0 Å². The van der Waals surface area contributed by atoms with Gasteiger partial charge in [0.15, 0.2) is 12.4 Å². The van der Waals surface area contributed by atoms with Crippen LogP contribution in [-0.4, -0.2) is 44.0 Å². The fraction of sp³-hybridized carbons (Fsp3) is 0.471. The van der Waals surface area contributed by atoms with Crippen LogP contribution < -0.4 is 4.74 Å². The highest BCUT2D eigenvalue weighted by atomic mass is 16.6. The Kier molecular flexibility index (Phi) is 4.92. The van der Waals surface area contributed by atoms with E-state index in [2.05, 4.69) is 4.98 Å². The fourth-order valence-corrected chi connectivity index (χ4v) is 2.29. The van der Waals surface area contributed by atoms with E-state index in [1.165, 1.54) is 16.7 Å². The molecule has 2 N–H and O–H groups in total. The molecule has 0 radical (unpaired) electrons. The predicted molar refractivity (Wildman–Crippen MR) is 90.2 cm³/mol. The summed E-state index contributed by atoms with van der Waals surface area (Å²) in [6.45, 7) is 8.38. The van der Waals surface area contributed by atoms with E-state index < -0.39 is 24.3 Å². The monoisotopic (exact) mass is 350 g/mol. The maximum Gasteiger partial charge on any atom is 0.420 e. The lowest BCUT2D eigenvalue weighted by molar-refractivity contribution is -0.139. The molecule has 25 heavy (non-hydrogen) atoms. The molecule has 136 valence electrons. The average Bonchev–Trinajstić information content (AvgIpc) is 2.82. The molecule has 0 aliphatic heterocycles. The summed E-state index contributed by atoms with van der Waals surface area (Å²) in [6.07, 6.45) is -0.631. The zero-order chi connectivity index (χ0) is 18.9. The van der Waals surface area contributed by atoms with Crippen molar-refractivity contribution in [2.75, 3.05) is 6.61 Å². The Morgan fingerprint density at radius 3 is 2.44 bits per heavy atom. The van der Waals surface area contributed by atoms with Crippen LogP contribution in [0.3, 0.4) is 0 Å². The number of hydrogen-bond acceptors (Lipinski definition) is 6. The highest BCUT2D eigenvalue weighted by Crippen LogP contribution is 2.33. The van der Waals surface area contributed by atoms with Crippen LogP contribution in [0.25, 0.3) is 11.0 Å². The topological polar surface area (TPSA) is 111 Å². The van der Waals surface area contributed by atoms with Crippen LogP contribution in [0, 0.1) is 0 Å². The van der Waals surface area contributed by atoms with Crippen LogP contribution in [-0.2, 0) is 9.53 Å². The molecule has 8 heteroatoms. The molecule has 2 rings (SSSR count). The van der Waals surface area contributed by atoms with E-state index in [9.17, 15) is 14.7 Å². The van der Waals surface area contributed by atoms with Crippen molar-refractivity contribution in [2.45, 2.75) is 46.1 Å². The van der Waals surface area contributed by atoms with E-state index in [4.69, 9.17) is 14.6 Å². The van der Waals surface area contributed by atoms with E-state index >= 15 is 0 Å². The molecule has 0 bridgehead atoms. The van der Waals surface area contributed by atoms with E-state index in [1.807, 2.05) is 13.8 Å². The number of aromatic hydroxyl groups is 1. The number of aliphatic carboxylic acids is 1. The first-order valence-corrected chi connectivity index (χ1v) is 7.83. The van der Waals surface area contributed by atoms with E-state index in [1.54, 1.807) is 20.8 Å². The van der Waals surface area contributed by atoms with Crippen molar-refractivity contribution in [3.8, 4) is 11.5 Å². The lowest BCUT2D eigenvalue weighted by Crippen LogP contribution is -2.28. The number of carboxylic acids is 1. The van der Waals surface area contributed by atoms with Gasteiger partial charge in [-0.3, -0.25) is 0 Å². The van der Waals surface area contributed by atoms with Gasteiger partial charge in [0, 0.05) is 18.1 Å². The van der Waals surface area contributed by atoms with Crippen molar-refractivity contribution in [1.29, 1.82) is 0 Å². The fourth-order valence-electron chi connectivity index (χ4n) is 2.29. The molecule has 0 unspecified atom stereocenters. The molecule has 0 spiro atoms. The standard InChI is InChI=1S/C17H22N2O6/c1-9(2)15-18-14-11(19(15)16(23)25-17(3,4)5)6-10(20)7-12(14)24-8-13(21)22/h6-7,9,20H,8H2,1-5H3,(H,21,22). The summed E-state index contributed by atoms with van der Waals surface area (Å²) in [6, 6.07) is 2.63. The van der Waals surface area contributed by atoms with Gasteiger partial charge in [-0.15, -0.1) is 0 Å². The number of hydrogen-bond donors (Lipinski definition) is 2. The number of carbonyl (C=O) groups excluding carboxylic acids is 1. The summed E-state index contributed by atoms with van der Waals surface area (Å²) in [7, 11) is 0. The number of fused-ring (bicyclic) bond motifs is 1. The summed E-state index contributed by atoms with van der Waals surface area (Å²) in [4.78, 5) is 27.8. The first kappa shape index (κ1) is 18.6. The van der Waals surface area contributed by atoms with E-state index in [0.29, 0.717) is 11.3 Å². The van der Waals surface area contributed by atoms with Crippen molar-refractivity contribution in [2.24, 2.45) is 0 Å². The number of benzene rings is 1. The minimum atomic E-state index is -1.16. The molecule has 0 fully saturated rings. The van der Waals surface area contributed by atoms with Gasteiger partial charge in [0.1, 0.15) is 22.7 Å². The predicted octanol–water partition coefficient (Wildman–Crippen LogP) is 3.11. The number of ether oxygens (including phenoxy) is 2. The Hall–Kier alpha value is -2.77. The number of imidazole rings is 1. The Morgan fingerprint density at radius 2 is 1.92 bits per heavy atom. The number of rotatable bonds is 4. The molecule has 2 aromatic rings. The molecule has 0 saturated heterocycles. The zero-order valence-electron chi connectivity index (χ0n) is 14.9. The Bertz CT molecular complexity index is 817. The maximum absolute atomic E-state index is 12.6. The lowest BCUT2D eigenvalue weighted by Gasteiger charge is -2.21. The van der Waals surface area contributed by atoms with Crippen LogP contribution in [0.5, 0.6) is 11.5 Å². The number of carbonyl (C=O) groups is 2. The highest BCUT2D eigenvalue weighted by molar-refractivity contribution is 5.92. The molecule has 0 aliphatic rings. The molecule has 1 heterocycles. The van der Waals surface area contributed by atoms with Gasteiger partial charge in [-0.25, -0.2) is 19.1 Å². The van der Waals surface area contributed by atoms with Gasteiger partial charge in [0.05, 0.1) is 5.52 Å². The minimum Gasteiger partial charge on any atom is -0.508 e. The van der Waals surface area contributed by atoms with Crippen molar-refractivity contribution in [1.82, 2.24) is 9.55 Å². The lowest BCUT2D eigenvalue weighted by atomic mass is 10.2. The molecule has 8 nitrogen and oxygen atoms in total. The van der Waals surface area contributed by atoms with Crippen LogP contribution in [0.2, 0.25) is 0 Å². The van der Waals surface area contributed by atoms with Gasteiger partial charge in [-0.2, -0.15) is 0 Å². The smallest absolute Gasteiger partial charge is 0.420 e. The normalized spacial score (nSPS) is 11.8. The van der Waals surface area contributed by atoms with Crippen LogP contribution in [0.1, 0.15) is 46.4 Å². The van der Waals surface area contributed by atoms with E-state index in [0.717, 1.165) is 0 Å². The molecular weight excluding hydrogens is 328 g/mol. The van der Waals surface area contributed by atoms with Crippen molar-refractivity contribution in [3.63, 3.8) is 0 Å². The first-order chi connectivity index (χ1) is 11.5. The van der Waals surface area contributed by atoms with Gasteiger partial charge < -0.3 is 19.7 Å². The minimum absolute atomic E-state index is 0.0848. The highest BCUT2D eigenvalue weighted by Gasteiger charge is 2.26. The summed E-state index contributed by atoms with van der Waals surface area (Å²) in [5, 5.41) is 18.7. The van der Waals surface area contributed by atoms with E-state index in [-0.39, 0.29) is 22.9 Å². The number of phenolic OH excluding ortho intramolecular Hbond substituents is 1. The number of phenols is 1. The summed E-state index contributed by atoms with van der Waals surface area (Å²) < 4.78 is 11.9. The Labute approximate surface area is 145 Å². The molecular formula is C17H22N2O6. The third-order valence-electron chi connectivity index (χ3n) is 3.18. The maximum atomic E-state index is 12.6. The van der Waals surface area contributed by atoms with Crippen LogP contribution in [0.4, 0.5) is 4.79 Å². The Morgan fingerprint density at radius 1 is 1.28 bits per heavy atom. The second kappa shape index (κ2) is 6.62. The van der Waals surface area contributed by atoms with Gasteiger partial charge in [-0.1, -0.05) is 13.8 Å². The number of aromatic nitrogens is 2. The largest absolute Gasteiger partial charge is 0.508 e. The van der Waals surface area contributed by atoms with Gasteiger partial charge in [-0.05, 0) is 20.8 Å². The molecule has 0 amide bonds. The second-order valence-corrected chi connectivity index (χ2v) is 6.93. The van der Waals surface area contributed by atoms with Crippen molar-refractivity contribution >= 4 is 23.1 Å². The van der Waals surface area contributed by atoms with Crippen molar-refractivity contribution in [3.05, 3.63) is 18.0 Å². The molecule has 0 aliphatic carbocycles. The van der Waals surface area contributed by atoms with Crippen molar-refractivity contribution < 1.29 is 29.3 Å². The van der Waals surface area contributed by atoms with Crippen LogP contribution in [0.15, 0.2) is 12.1 Å². The quantitative estimate of drug-likeness (QED) is 0.871. The number of nitrogens with zero attached hydrogens (tertiary/aromatic N) is 2. The average molecular weight is 350 g/mol. The summed E-state index contributed by atoms with van der Waals surface area (Å²) >= 11 is 0. The molecule has 1 aromatic carbocycles. The first-order valence-electron chi connectivity index (χ1n) is 7.83. The molecule has 1 aromatic heterocycles. The third kappa shape index (κ3) is 4.20. The SMILES string of the molecule is CC(C)c1nc2c(OCC(=O)O)cc(O)cc2n1C(=O)OC(C)(C)C. The summed E-state index contributed by atoms with van der Waals surface area (Å²) in [5.74, 6) is -0.939. The third-order valence-corrected chi connectivity index (χ3v) is 3.18. The second-order valence-electron chi connectivity index (χ2n) is 6.93.